The highest BCUT2D eigenvalue weighted by molar-refractivity contribution is 5.90. The summed E-state index contributed by atoms with van der Waals surface area (Å²) in [5, 5.41) is 3.46. The van der Waals surface area contributed by atoms with Crippen LogP contribution in [0.1, 0.15) is 40.0 Å². The summed E-state index contributed by atoms with van der Waals surface area (Å²) in [5.74, 6) is 0.448. The fourth-order valence-corrected chi connectivity index (χ4v) is 2.96. The molecule has 0 aliphatic carbocycles. The molecule has 24 heavy (non-hydrogen) atoms. The summed E-state index contributed by atoms with van der Waals surface area (Å²) in [4.78, 5) is 12.1. The topological polar surface area (TPSA) is 73.6 Å². The van der Waals surface area contributed by atoms with Gasteiger partial charge in [-0.2, -0.15) is 0 Å². The van der Waals surface area contributed by atoms with Crippen molar-refractivity contribution in [3.8, 4) is 5.75 Å². The number of carbonyl (C=O) groups is 1. The second kappa shape index (κ2) is 7.47. The zero-order valence-electron chi connectivity index (χ0n) is 13.7. The van der Waals surface area contributed by atoms with Gasteiger partial charge in [-0.3, -0.25) is 0 Å². The molecule has 0 aromatic heterocycles. The minimum atomic E-state index is -0.324. The van der Waals surface area contributed by atoms with Gasteiger partial charge in [0.2, 0.25) is 0 Å². The molecule has 1 aliphatic rings. The Morgan fingerprint density at radius 3 is 2.92 bits per heavy atom. The highest BCUT2D eigenvalue weighted by Gasteiger charge is 2.25. The molecule has 1 heterocycles. The number of hydrogen-bond donors (Lipinski definition) is 2. The van der Waals surface area contributed by atoms with Crippen LogP contribution in [0.15, 0.2) is 42.5 Å². The van der Waals surface area contributed by atoms with Gasteiger partial charge < -0.3 is 20.5 Å². The van der Waals surface area contributed by atoms with Crippen LogP contribution in [0.2, 0.25) is 0 Å². The molecule has 3 rings (SSSR count). The molecule has 0 bridgehead atoms. The summed E-state index contributed by atoms with van der Waals surface area (Å²) in [5.41, 5.74) is 9.40. The van der Waals surface area contributed by atoms with Crippen molar-refractivity contribution in [1.29, 1.82) is 0 Å². The van der Waals surface area contributed by atoms with Crippen LogP contribution in [0.4, 0.5) is 0 Å². The molecule has 5 nitrogen and oxygen atoms in total. The average Bonchev–Trinajstić information content (AvgIpc) is 2.76. The van der Waals surface area contributed by atoms with E-state index in [9.17, 15) is 4.79 Å². The molecule has 0 radical (unpaired) electrons. The maximum Gasteiger partial charge on any atom is 0.338 e. The SMILES string of the molecule is CCOC(=O)c1ccc2c(c1)C(NCCN)c1ccccc1CO2. The van der Waals surface area contributed by atoms with E-state index in [1.807, 2.05) is 24.3 Å². The van der Waals surface area contributed by atoms with E-state index in [2.05, 4.69) is 17.4 Å². The Labute approximate surface area is 141 Å². The molecule has 3 N–H and O–H groups in total. The molecule has 1 aliphatic heterocycles. The van der Waals surface area contributed by atoms with Gasteiger partial charge in [0.15, 0.2) is 0 Å². The third kappa shape index (κ3) is 3.27. The molecule has 0 fully saturated rings. The van der Waals surface area contributed by atoms with E-state index in [-0.39, 0.29) is 12.0 Å². The van der Waals surface area contributed by atoms with E-state index < -0.39 is 0 Å². The lowest BCUT2D eigenvalue weighted by atomic mass is 9.94. The van der Waals surface area contributed by atoms with Gasteiger partial charge in [0.1, 0.15) is 12.4 Å². The van der Waals surface area contributed by atoms with Crippen LogP contribution in [0.3, 0.4) is 0 Å². The molecule has 1 atom stereocenters. The van der Waals surface area contributed by atoms with Gasteiger partial charge in [0.05, 0.1) is 18.2 Å². The van der Waals surface area contributed by atoms with Gasteiger partial charge in [-0.25, -0.2) is 4.79 Å². The number of benzene rings is 2. The van der Waals surface area contributed by atoms with Gasteiger partial charge in [-0.05, 0) is 36.2 Å². The number of fused-ring (bicyclic) bond motifs is 2. The molecule has 2 aromatic rings. The fraction of sp³-hybridized carbons (Fsp3) is 0.316. The lowest BCUT2D eigenvalue weighted by molar-refractivity contribution is 0.0526. The van der Waals surface area contributed by atoms with E-state index in [0.29, 0.717) is 31.9 Å². The Morgan fingerprint density at radius 2 is 2.12 bits per heavy atom. The zero-order chi connectivity index (χ0) is 16.9. The van der Waals surface area contributed by atoms with Crippen LogP contribution >= 0.6 is 0 Å². The Kier molecular flexibility index (Phi) is 5.13. The van der Waals surface area contributed by atoms with Crippen LogP contribution in [0.5, 0.6) is 5.75 Å². The van der Waals surface area contributed by atoms with Gasteiger partial charge in [-0.15, -0.1) is 0 Å². The van der Waals surface area contributed by atoms with Crippen molar-refractivity contribution in [2.24, 2.45) is 5.73 Å². The first kappa shape index (κ1) is 16.5. The van der Waals surface area contributed by atoms with Crippen molar-refractivity contribution in [2.75, 3.05) is 19.7 Å². The Hall–Kier alpha value is -2.37. The second-order valence-electron chi connectivity index (χ2n) is 5.64. The van der Waals surface area contributed by atoms with Crippen molar-refractivity contribution >= 4 is 5.97 Å². The number of ether oxygens (including phenoxy) is 2. The number of esters is 1. The minimum absolute atomic E-state index is 0.0726. The van der Waals surface area contributed by atoms with E-state index in [4.69, 9.17) is 15.2 Å². The molecule has 1 unspecified atom stereocenters. The molecule has 5 heteroatoms. The number of nitrogens with one attached hydrogen (secondary N) is 1. The van der Waals surface area contributed by atoms with Crippen molar-refractivity contribution < 1.29 is 14.3 Å². The normalized spacial score (nSPS) is 15.7. The van der Waals surface area contributed by atoms with E-state index in [0.717, 1.165) is 22.4 Å². The zero-order valence-corrected chi connectivity index (χ0v) is 13.7. The lowest BCUT2D eigenvalue weighted by Gasteiger charge is -2.21. The molecular weight excluding hydrogens is 304 g/mol. The number of nitrogens with two attached hydrogens (primary N) is 1. The maximum atomic E-state index is 12.1. The minimum Gasteiger partial charge on any atom is -0.489 e. The third-order valence-corrected chi connectivity index (χ3v) is 4.07. The smallest absolute Gasteiger partial charge is 0.338 e. The van der Waals surface area contributed by atoms with E-state index >= 15 is 0 Å². The fourth-order valence-electron chi connectivity index (χ4n) is 2.96. The van der Waals surface area contributed by atoms with Crippen LogP contribution in [0.25, 0.3) is 0 Å². The van der Waals surface area contributed by atoms with Gasteiger partial charge in [0.25, 0.3) is 0 Å². The van der Waals surface area contributed by atoms with E-state index in [1.165, 1.54) is 0 Å². The summed E-state index contributed by atoms with van der Waals surface area (Å²) < 4.78 is 11.1. The Morgan fingerprint density at radius 1 is 1.29 bits per heavy atom. The van der Waals surface area contributed by atoms with Crippen LogP contribution in [0, 0.1) is 0 Å². The summed E-state index contributed by atoms with van der Waals surface area (Å²) >= 11 is 0. The predicted octanol–water partition coefficient (Wildman–Crippen LogP) is 2.39. The third-order valence-electron chi connectivity index (χ3n) is 4.07. The monoisotopic (exact) mass is 326 g/mol. The number of hydrogen-bond acceptors (Lipinski definition) is 5. The van der Waals surface area contributed by atoms with Crippen molar-refractivity contribution in [3.05, 3.63) is 64.7 Å². The van der Waals surface area contributed by atoms with Crippen LogP contribution in [-0.4, -0.2) is 25.7 Å². The molecule has 0 saturated carbocycles. The molecule has 0 amide bonds. The van der Waals surface area contributed by atoms with Crippen LogP contribution in [-0.2, 0) is 11.3 Å². The number of rotatable bonds is 5. The Balaban J connectivity index is 2.06. The predicted molar refractivity (Wildman–Crippen MR) is 92.1 cm³/mol. The molecular formula is C19H22N2O3. The standard InChI is InChI=1S/C19H22N2O3/c1-2-23-19(22)13-7-8-17-16(11-13)18(21-10-9-20)15-6-4-3-5-14(15)12-24-17/h3-8,11,18,21H,2,9-10,12,20H2,1H3. The molecule has 0 spiro atoms. The number of carbonyl (C=O) groups excluding carboxylic acids is 1. The summed E-state index contributed by atoms with van der Waals surface area (Å²) in [7, 11) is 0. The van der Waals surface area contributed by atoms with Crippen molar-refractivity contribution in [3.63, 3.8) is 0 Å². The first-order valence-corrected chi connectivity index (χ1v) is 8.19. The first-order valence-electron chi connectivity index (χ1n) is 8.19. The quantitative estimate of drug-likeness (QED) is 0.825. The molecule has 2 aromatic carbocycles. The highest BCUT2D eigenvalue weighted by Crippen LogP contribution is 2.36. The lowest BCUT2D eigenvalue weighted by Crippen LogP contribution is -2.28. The molecule has 126 valence electrons. The summed E-state index contributed by atoms with van der Waals surface area (Å²) in [6, 6.07) is 13.5. The van der Waals surface area contributed by atoms with Gasteiger partial charge in [-0.1, -0.05) is 24.3 Å². The summed E-state index contributed by atoms with van der Waals surface area (Å²) in [6.45, 7) is 3.85. The maximum absolute atomic E-state index is 12.1. The highest BCUT2D eigenvalue weighted by atomic mass is 16.5. The summed E-state index contributed by atoms with van der Waals surface area (Å²) in [6.07, 6.45) is 0. The molecule has 0 saturated heterocycles. The van der Waals surface area contributed by atoms with Crippen LogP contribution < -0.4 is 15.8 Å². The van der Waals surface area contributed by atoms with Crippen molar-refractivity contribution in [2.45, 2.75) is 19.6 Å². The van der Waals surface area contributed by atoms with Crippen molar-refractivity contribution in [1.82, 2.24) is 5.32 Å². The second-order valence-corrected chi connectivity index (χ2v) is 5.64. The van der Waals surface area contributed by atoms with Gasteiger partial charge >= 0.3 is 5.97 Å². The largest absolute Gasteiger partial charge is 0.489 e. The van der Waals surface area contributed by atoms with E-state index in [1.54, 1.807) is 13.0 Å². The first-order chi connectivity index (χ1) is 11.7. The van der Waals surface area contributed by atoms with Gasteiger partial charge in [0, 0.05) is 18.7 Å². The average molecular weight is 326 g/mol. The Bertz CT molecular complexity index is 730.